The van der Waals surface area contributed by atoms with Gasteiger partial charge < -0.3 is 0 Å². The molecule has 92 valence electrons. The van der Waals surface area contributed by atoms with Crippen molar-refractivity contribution in [1.29, 1.82) is 0 Å². The first-order valence-electron chi connectivity index (χ1n) is 5.67. The fourth-order valence-electron chi connectivity index (χ4n) is 1.83. The molecule has 0 saturated heterocycles. The molecule has 16 heavy (non-hydrogen) atoms. The predicted octanol–water partition coefficient (Wildman–Crippen LogP) is 4.03. The van der Waals surface area contributed by atoms with E-state index in [1.165, 1.54) is 0 Å². The van der Waals surface area contributed by atoms with Crippen molar-refractivity contribution in [3.8, 4) is 0 Å². The van der Waals surface area contributed by atoms with Crippen LogP contribution in [-0.2, 0) is 4.79 Å². The lowest BCUT2D eigenvalue weighted by Crippen LogP contribution is -2.12. The molecule has 0 aromatic heterocycles. The quantitative estimate of drug-likeness (QED) is 0.717. The van der Waals surface area contributed by atoms with E-state index in [4.69, 9.17) is 0 Å². The first-order chi connectivity index (χ1) is 7.38. The second-order valence-electron chi connectivity index (χ2n) is 4.50. The van der Waals surface area contributed by atoms with Gasteiger partial charge in [-0.05, 0) is 37.2 Å². The van der Waals surface area contributed by atoms with E-state index in [1.54, 1.807) is 0 Å². The third kappa shape index (κ3) is 4.81. The monoisotopic (exact) mass is 234 g/mol. The Morgan fingerprint density at radius 2 is 2.19 bits per heavy atom. The molecule has 0 N–H and O–H groups in total. The molecule has 0 aromatic rings. The van der Waals surface area contributed by atoms with Crippen molar-refractivity contribution in [1.82, 2.24) is 0 Å². The standard InChI is InChI=1S/C12H17F3O/c1-9-4-6-10(7-5-9)11(16)3-2-8-12(13,14)15/h6,9H,2-5,7-8H2,1H3. The minimum atomic E-state index is -4.14. The van der Waals surface area contributed by atoms with Gasteiger partial charge in [-0.1, -0.05) is 13.0 Å². The Labute approximate surface area is 93.7 Å². The van der Waals surface area contributed by atoms with Crippen LogP contribution in [0, 0.1) is 5.92 Å². The van der Waals surface area contributed by atoms with Gasteiger partial charge in [0.2, 0.25) is 0 Å². The first kappa shape index (κ1) is 13.3. The van der Waals surface area contributed by atoms with Crippen LogP contribution in [-0.4, -0.2) is 12.0 Å². The van der Waals surface area contributed by atoms with Crippen molar-refractivity contribution < 1.29 is 18.0 Å². The minimum Gasteiger partial charge on any atom is -0.295 e. The Kier molecular flexibility index (Phi) is 4.56. The Morgan fingerprint density at radius 1 is 1.50 bits per heavy atom. The van der Waals surface area contributed by atoms with Crippen LogP contribution in [0.15, 0.2) is 11.6 Å². The summed E-state index contributed by atoms with van der Waals surface area (Å²) in [5, 5.41) is 0. The molecule has 1 rings (SSSR count). The summed E-state index contributed by atoms with van der Waals surface area (Å²) in [6, 6.07) is 0. The van der Waals surface area contributed by atoms with E-state index in [0.717, 1.165) is 24.8 Å². The second kappa shape index (κ2) is 5.51. The molecule has 0 radical (unpaired) electrons. The van der Waals surface area contributed by atoms with Crippen molar-refractivity contribution >= 4 is 5.78 Å². The average Bonchev–Trinajstić information content (AvgIpc) is 2.16. The molecule has 0 aromatic carbocycles. The predicted molar refractivity (Wildman–Crippen MR) is 56.0 cm³/mol. The lowest BCUT2D eigenvalue weighted by Gasteiger charge is -2.17. The zero-order valence-electron chi connectivity index (χ0n) is 9.44. The fraction of sp³-hybridized carbons (Fsp3) is 0.750. The zero-order valence-corrected chi connectivity index (χ0v) is 9.44. The molecule has 1 aliphatic rings. The third-order valence-electron chi connectivity index (χ3n) is 2.90. The Bertz CT molecular complexity index is 278. The summed E-state index contributed by atoms with van der Waals surface area (Å²) < 4.78 is 35.6. The van der Waals surface area contributed by atoms with Crippen LogP contribution < -0.4 is 0 Å². The second-order valence-corrected chi connectivity index (χ2v) is 4.50. The van der Waals surface area contributed by atoms with Crippen molar-refractivity contribution in [3.63, 3.8) is 0 Å². The van der Waals surface area contributed by atoms with E-state index in [0.29, 0.717) is 5.92 Å². The van der Waals surface area contributed by atoms with Gasteiger partial charge in [-0.15, -0.1) is 0 Å². The van der Waals surface area contributed by atoms with Gasteiger partial charge in [-0.3, -0.25) is 4.79 Å². The van der Waals surface area contributed by atoms with E-state index in [1.807, 2.05) is 6.08 Å². The smallest absolute Gasteiger partial charge is 0.295 e. The molecular weight excluding hydrogens is 217 g/mol. The minimum absolute atomic E-state index is 0.0275. The lowest BCUT2D eigenvalue weighted by molar-refractivity contribution is -0.136. The van der Waals surface area contributed by atoms with E-state index in [2.05, 4.69) is 6.92 Å². The summed E-state index contributed by atoms with van der Waals surface area (Å²) in [5.41, 5.74) is 0.736. The van der Waals surface area contributed by atoms with E-state index in [-0.39, 0.29) is 18.6 Å². The largest absolute Gasteiger partial charge is 0.389 e. The van der Waals surface area contributed by atoms with Gasteiger partial charge >= 0.3 is 6.18 Å². The molecule has 0 bridgehead atoms. The zero-order chi connectivity index (χ0) is 12.2. The highest BCUT2D eigenvalue weighted by Crippen LogP contribution is 2.26. The molecule has 0 amide bonds. The van der Waals surface area contributed by atoms with Gasteiger partial charge in [0.25, 0.3) is 0 Å². The van der Waals surface area contributed by atoms with Gasteiger partial charge in [0, 0.05) is 12.8 Å². The topological polar surface area (TPSA) is 17.1 Å². The van der Waals surface area contributed by atoms with Gasteiger partial charge in [-0.25, -0.2) is 0 Å². The lowest BCUT2D eigenvalue weighted by atomic mass is 9.88. The van der Waals surface area contributed by atoms with Crippen LogP contribution in [0.1, 0.15) is 45.4 Å². The molecular formula is C12H17F3O. The highest BCUT2D eigenvalue weighted by molar-refractivity contribution is 5.95. The van der Waals surface area contributed by atoms with Crippen molar-refractivity contribution in [2.24, 2.45) is 5.92 Å². The number of alkyl halides is 3. The van der Waals surface area contributed by atoms with Gasteiger partial charge in [-0.2, -0.15) is 13.2 Å². The number of carbonyl (C=O) groups is 1. The third-order valence-corrected chi connectivity index (χ3v) is 2.90. The number of rotatable bonds is 4. The summed E-state index contributed by atoms with van der Waals surface area (Å²) in [6.07, 6.45) is -0.597. The summed E-state index contributed by atoms with van der Waals surface area (Å²) >= 11 is 0. The van der Waals surface area contributed by atoms with E-state index >= 15 is 0 Å². The maximum Gasteiger partial charge on any atom is 0.389 e. The number of allylic oxidation sites excluding steroid dienone is 2. The molecule has 0 aliphatic heterocycles. The van der Waals surface area contributed by atoms with Crippen LogP contribution >= 0.6 is 0 Å². The number of carbonyl (C=O) groups excluding carboxylic acids is 1. The average molecular weight is 234 g/mol. The van der Waals surface area contributed by atoms with Crippen molar-refractivity contribution in [2.75, 3.05) is 0 Å². The summed E-state index contributed by atoms with van der Waals surface area (Å²) in [4.78, 5) is 11.6. The number of Topliss-reactive ketones (excluding diaryl/α,β-unsaturated/α-hetero) is 1. The van der Waals surface area contributed by atoms with Gasteiger partial charge in [0.1, 0.15) is 0 Å². The molecule has 1 aliphatic carbocycles. The molecule has 0 spiro atoms. The number of ketones is 1. The number of hydrogen-bond acceptors (Lipinski definition) is 1. The van der Waals surface area contributed by atoms with Gasteiger partial charge in [0.15, 0.2) is 5.78 Å². The SMILES string of the molecule is CC1CC=C(C(=O)CCCC(F)(F)F)CC1. The highest BCUT2D eigenvalue weighted by atomic mass is 19.4. The molecule has 0 fully saturated rings. The number of hydrogen-bond donors (Lipinski definition) is 0. The summed E-state index contributed by atoms with van der Waals surface area (Å²) in [5.74, 6) is 0.489. The normalized spacial score (nSPS) is 21.8. The van der Waals surface area contributed by atoms with E-state index in [9.17, 15) is 18.0 Å². The molecule has 0 heterocycles. The molecule has 1 unspecified atom stereocenters. The Morgan fingerprint density at radius 3 is 2.69 bits per heavy atom. The fourth-order valence-corrected chi connectivity index (χ4v) is 1.83. The molecule has 0 saturated carbocycles. The number of halogens is 3. The summed E-state index contributed by atoms with van der Waals surface area (Å²) in [7, 11) is 0. The van der Waals surface area contributed by atoms with Crippen LogP contribution in [0.3, 0.4) is 0 Å². The first-order valence-corrected chi connectivity index (χ1v) is 5.67. The molecule has 4 heteroatoms. The van der Waals surface area contributed by atoms with Crippen molar-refractivity contribution in [2.45, 2.75) is 51.6 Å². The van der Waals surface area contributed by atoms with Crippen molar-refractivity contribution in [3.05, 3.63) is 11.6 Å². The van der Waals surface area contributed by atoms with Crippen LogP contribution in [0.25, 0.3) is 0 Å². The molecule has 1 atom stereocenters. The van der Waals surface area contributed by atoms with E-state index < -0.39 is 12.6 Å². The van der Waals surface area contributed by atoms with Crippen LogP contribution in [0.4, 0.5) is 13.2 Å². The van der Waals surface area contributed by atoms with Gasteiger partial charge in [0.05, 0.1) is 0 Å². The van der Waals surface area contributed by atoms with Crippen LogP contribution in [0.2, 0.25) is 0 Å². The summed E-state index contributed by atoms with van der Waals surface area (Å²) in [6.45, 7) is 2.11. The highest BCUT2D eigenvalue weighted by Gasteiger charge is 2.27. The maximum atomic E-state index is 11.9. The van der Waals surface area contributed by atoms with Crippen LogP contribution in [0.5, 0.6) is 0 Å². The molecule has 1 nitrogen and oxygen atoms in total. The maximum absolute atomic E-state index is 11.9. The Balaban J connectivity index is 2.31. The Hall–Kier alpha value is -0.800.